The molecule has 1 saturated carbocycles. The molecule has 20 heavy (non-hydrogen) atoms. The van der Waals surface area contributed by atoms with Crippen molar-refractivity contribution in [2.45, 2.75) is 83.5 Å². The van der Waals surface area contributed by atoms with Gasteiger partial charge in [0.05, 0.1) is 0 Å². The highest BCUT2D eigenvalue weighted by atomic mass is 16.6. The number of hydrogen-bond donors (Lipinski definition) is 3. The second-order valence-corrected chi connectivity index (χ2v) is 6.79. The number of amides is 1. The standard InChI is InChI=1S/C15H30N2O3/c1-11(8-9-18)16-12-6-5-7-13(10-12)17-14(19)20-15(2,3)4/h11-13,16,18H,5-10H2,1-4H3,(H,17,19). The van der Waals surface area contributed by atoms with E-state index in [9.17, 15) is 4.79 Å². The van der Waals surface area contributed by atoms with Gasteiger partial charge in [-0.3, -0.25) is 0 Å². The predicted molar refractivity (Wildman–Crippen MR) is 79.7 cm³/mol. The number of hydrogen-bond acceptors (Lipinski definition) is 4. The molecule has 0 saturated heterocycles. The molecule has 3 atom stereocenters. The number of aliphatic hydroxyl groups excluding tert-OH is 1. The lowest BCUT2D eigenvalue weighted by atomic mass is 9.90. The molecule has 3 N–H and O–H groups in total. The lowest BCUT2D eigenvalue weighted by Crippen LogP contribution is -2.47. The minimum absolute atomic E-state index is 0.178. The fourth-order valence-corrected chi connectivity index (χ4v) is 2.63. The molecule has 118 valence electrons. The molecule has 0 aliphatic heterocycles. The van der Waals surface area contributed by atoms with Crippen LogP contribution >= 0.6 is 0 Å². The van der Waals surface area contributed by atoms with Crippen LogP contribution in [-0.2, 0) is 4.74 Å². The maximum Gasteiger partial charge on any atom is 0.407 e. The average molecular weight is 286 g/mol. The van der Waals surface area contributed by atoms with E-state index in [0.717, 1.165) is 32.1 Å². The monoisotopic (exact) mass is 286 g/mol. The van der Waals surface area contributed by atoms with Gasteiger partial charge in [0, 0.05) is 24.7 Å². The molecule has 1 aliphatic rings. The average Bonchev–Trinajstić information content (AvgIpc) is 2.26. The highest BCUT2D eigenvalue weighted by molar-refractivity contribution is 5.68. The van der Waals surface area contributed by atoms with Crippen LogP contribution in [0.4, 0.5) is 4.79 Å². The molecule has 5 nitrogen and oxygen atoms in total. The van der Waals surface area contributed by atoms with Gasteiger partial charge in [0.25, 0.3) is 0 Å². The van der Waals surface area contributed by atoms with E-state index in [4.69, 9.17) is 9.84 Å². The van der Waals surface area contributed by atoms with Gasteiger partial charge in [-0.15, -0.1) is 0 Å². The smallest absolute Gasteiger partial charge is 0.407 e. The lowest BCUT2D eigenvalue weighted by Gasteiger charge is -2.32. The van der Waals surface area contributed by atoms with E-state index in [0.29, 0.717) is 12.1 Å². The van der Waals surface area contributed by atoms with Crippen LogP contribution in [0.3, 0.4) is 0 Å². The van der Waals surface area contributed by atoms with Gasteiger partial charge in [-0.2, -0.15) is 0 Å². The number of carbonyl (C=O) groups is 1. The summed E-state index contributed by atoms with van der Waals surface area (Å²) in [6.45, 7) is 7.90. The number of rotatable bonds is 5. The highest BCUT2D eigenvalue weighted by Crippen LogP contribution is 2.20. The summed E-state index contributed by atoms with van der Waals surface area (Å²) in [7, 11) is 0. The molecule has 0 aromatic carbocycles. The maximum atomic E-state index is 11.8. The number of alkyl carbamates (subject to hydrolysis) is 1. The van der Waals surface area contributed by atoms with E-state index < -0.39 is 5.60 Å². The first-order valence-corrected chi connectivity index (χ1v) is 7.66. The van der Waals surface area contributed by atoms with Crippen molar-refractivity contribution in [3.8, 4) is 0 Å². The van der Waals surface area contributed by atoms with Crippen molar-refractivity contribution in [1.82, 2.24) is 10.6 Å². The summed E-state index contributed by atoms with van der Waals surface area (Å²) in [6, 6.07) is 0.896. The Labute approximate surface area is 122 Å². The van der Waals surface area contributed by atoms with Crippen LogP contribution in [0.25, 0.3) is 0 Å². The third-order valence-corrected chi connectivity index (χ3v) is 3.48. The van der Waals surface area contributed by atoms with Crippen molar-refractivity contribution in [2.75, 3.05) is 6.61 Å². The molecule has 0 aromatic rings. The highest BCUT2D eigenvalue weighted by Gasteiger charge is 2.25. The molecule has 1 rings (SSSR count). The summed E-state index contributed by atoms with van der Waals surface area (Å²) in [4.78, 5) is 11.8. The van der Waals surface area contributed by atoms with Gasteiger partial charge in [0.1, 0.15) is 5.60 Å². The first-order chi connectivity index (χ1) is 9.30. The van der Waals surface area contributed by atoms with Gasteiger partial charge in [-0.1, -0.05) is 0 Å². The Hall–Kier alpha value is -0.810. The fourth-order valence-electron chi connectivity index (χ4n) is 2.63. The third kappa shape index (κ3) is 7.10. The molecule has 1 fully saturated rings. The van der Waals surface area contributed by atoms with Crippen LogP contribution in [0.5, 0.6) is 0 Å². The Morgan fingerprint density at radius 1 is 1.35 bits per heavy atom. The normalized spacial score (nSPS) is 25.1. The van der Waals surface area contributed by atoms with Gasteiger partial charge < -0.3 is 20.5 Å². The first-order valence-electron chi connectivity index (χ1n) is 7.66. The molecule has 5 heteroatoms. The minimum atomic E-state index is -0.452. The molecule has 0 radical (unpaired) electrons. The Balaban J connectivity index is 2.35. The zero-order valence-electron chi connectivity index (χ0n) is 13.2. The Morgan fingerprint density at radius 3 is 2.60 bits per heavy atom. The van der Waals surface area contributed by atoms with Crippen LogP contribution in [0.15, 0.2) is 0 Å². The Bertz CT molecular complexity index is 302. The van der Waals surface area contributed by atoms with Crippen LogP contribution < -0.4 is 10.6 Å². The Kier molecular flexibility index (Phi) is 6.76. The predicted octanol–water partition coefficient (Wildman–Crippen LogP) is 2.18. The van der Waals surface area contributed by atoms with Gasteiger partial charge in [0.2, 0.25) is 0 Å². The van der Waals surface area contributed by atoms with E-state index in [1.807, 2.05) is 20.8 Å². The van der Waals surface area contributed by atoms with E-state index in [1.165, 1.54) is 0 Å². The van der Waals surface area contributed by atoms with E-state index in [2.05, 4.69) is 17.6 Å². The summed E-state index contributed by atoms with van der Waals surface area (Å²) in [5.74, 6) is 0. The van der Waals surface area contributed by atoms with Crippen LogP contribution in [0, 0.1) is 0 Å². The molecule has 0 heterocycles. The number of aliphatic hydroxyl groups is 1. The number of carbonyl (C=O) groups excluding carboxylic acids is 1. The molecule has 1 amide bonds. The van der Waals surface area contributed by atoms with Crippen molar-refractivity contribution in [2.24, 2.45) is 0 Å². The summed E-state index contributed by atoms with van der Waals surface area (Å²) < 4.78 is 5.29. The summed E-state index contributed by atoms with van der Waals surface area (Å²) in [5.41, 5.74) is -0.452. The topological polar surface area (TPSA) is 70.6 Å². The zero-order chi connectivity index (χ0) is 15.2. The summed E-state index contributed by atoms with van der Waals surface area (Å²) in [5, 5.41) is 15.4. The molecule has 0 spiro atoms. The first kappa shape index (κ1) is 17.2. The quantitative estimate of drug-likeness (QED) is 0.724. The number of nitrogens with one attached hydrogen (secondary N) is 2. The van der Waals surface area contributed by atoms with Gasteiger partial charge in [-0.25, -0.2) is 4.79 Å². The van der Waals surface area contributed by atoms with Gasteiger partial charge in [-0.05, 0) is 59.8 Å². The van der Waals surface area contributed by atoms with E-state index >= 15 is 0 Å². The van der Waals surface area contributed by atoms with E-state index in [-0.39, 0.29) is 18.7 Å². The second-order valence-electron chi connectivity index (χ2n) is 6.79. The molecule has 3 unspecified atom stereocenters. The van der Waals surface area contributed by atoms with Crippen molar-refractivity contribution in [3.05, 3.63) is 0 Å². The van der Waals surface area contributed by atoms with Crippen molar-refractivity contribution < 1.29 is 14.6 Å². The second kappa shape index (κ2) is 7.84. The third-order valence-electron chi connectivity index (χ3n) is 3.48. The molecule has 1 aliphatic carbocycles. The fraction of sp³-hybridized carbons (Fsp3) is 0.933. The van der Waals surface area contributed by atoms with Crippen molar-refractivity contribution in [1.29, 1.82) is 0 Å². The van der Waals surface area contributed by atoms with Crippen LogP contribution in [-0.4, -0.2) is 41.5 Å². The van der Waals surface area contributed by atoms with Crippen LogP contribution in [0.2, 0.25) is 0 Å². The van der Waals surface area contributed by atoms with Crippen molar-refractivity contribution in [3.63, 3.8) is 0 Å². The SMILES string of the molecule is CC(CCO)NC1CCCC(NC(=O)OC(C)(C)C)C1. The molecular formula is C15H30N2O3. The van der Waals surface area contributed by atoms with Gasteiger partial charge >= 0.3 is 6.09 Å². The largest absolute Gasteiger partial charge is 0.444 e. The van der Waals surface area contributed by atoms with Crippen LogP contribution in [0.1, 0.15) is 59.8 Å². The van der Waals surface area contributed by atoms with Gasteiger partial charge in [0.15, 0.2) is 0 Å². The molecule has 0 aromatic heterocycles. The molecule has 0 bridgehead atoms. The minimum Gasteiger partial charge on any atom is -0.444 e. The number of ether oxygens (including phenoxy) is 1. The van der Waals surface area contributed by atoms with E-state index in [1.54, 1.807) is 0 Å². The maximum absolute atomic E-state index is 11.8. The van der Waals surface area contributed by atoms with Crippen molar-refractivity contribution >= 4 is 6.09 Å². The lowest BCUT2D eigenvalue weighted by molar-refractivity contribution is 0.0488. The Morgan fingerprint density at radius 2 is 2.00 bits per heavy atom. The molecular weight excluding hydrogens is 256 g/mol. The zero-order valence-corrected chi connectivity index (χ0v) is 13.2. The summed E-state index contributed by atoms with van der Waals surface area (Å²) >= 11 is 0. The summed E-state index contributed by atoms with van der Waals surface area (Å²) in [6.07, 6.45) is 4.60.